The van der Waals surface area contributed by atoms with E-state index < -0.39 is 16.5 Å². The van der Waals surface area contributed by atoms with Gasteiger partial charge in [-0.05, 0) is 84.0 Å². The van der Waals surface area contributed by atoms with Crippen molar-refractivity contribution in [3.05, 3.63) is 70.8 Å². The van der Waals surface area contributed by atoms with E-state index in [0.29, 0.717) is 28.8 Å². The summed E-state index contributed by atoms with van der Waals surface area (Å²) in [5.74, 6) is 2.90. The zero-order valence-electron chi connectivity index (χ0n) is 39.5. The maximum absolute atomic E-state index is 6.88. The molecule has 332 valence electrons. The Balaban J connectivity index is 1.49. The van der Waals surface area contributed by atoms with Crippen molar-refractivity contribution in [1.29, 1.82) is 0 Å². The molecular formula is C49H66O10P2. The summed E-state index contributed by atoms with van der Waals surface area (Å²) in [5.41, 5.74) is 5.51. The lowest BCUT2D eigenvalue weighted by atomic mass is 9.84. The second-order valence-corrected chi connectivity index (χ2v) is 22.1. The summed E-state index contributed by atoms with van der Waals surface area (Å²) >= 11 is 0. The van der Waals surface area contributed by atoms with Gasteiger partial charge in [-0.1, -0.05) is 83.1 Å². The summed E-state index contributed by atoms with van der Waals surface area (Å²) in [6.07, 6.45) is -0.225. The van der Waals surface area contributed by atoms with Gasteiger partial charge in [0, 0.05) is 50.2 Å². The zero-order valence-corrected chi connectivity index (χ0v) is 41.2. The van der Waals surface area contributed by atoms with Crippen molar-refractivity contribution in [2.24, 2.45) is 0 Å². The summed E-state index contributed by atoms with van der Waals surface area (Å²) in [7, 11) is 2.82. The minimum atomic E-state index is -1.95. The average molecular weight is 877 g/mol. The number of hydrogen-bond donors (Lipinski definition) is 0. The van der Waals surface area contributed by atoms with Gasteiger partial charge in [-0.15, -0.1) is 0 Å². The second-order valence-electron chi connectivity index (χ2n) is 20.1. The first-order valence-electron chi connectivity index (χ1n) is 20.9. The Morgan fingerprint density at radius 2 is 0.607 bits per heavy atom. The minimum absolute atomic E-state index is 0.294. The molecule has 4 aromatic carbocycles. The molecule has 0 aliphatic carbocycles. The first-order chi connectivity index (χ1) is 28.4. The van der Waals surface area contributed by atoms with Gasteiger partial charge in [0.25, 0.3) is 0 Å². The van der Waals surface area contributed by atoms with Crippen LogP contribution < -0.4 is 28.0 Å². The minimum Gasteiger partial charge on any atom is -0.497 e. The maximum Gasteiger partial charge on any atom is 0.387 e. The number of fused-ring (bicyclic) bond motifs is 6. The van der Waals surface area contributed by atoms with Crippen molar-refractivity contribution < 1.29 is 44.8 Å². The lowest BCUT2D eigenvalue weighted by molar-refractivity contribution is 0.184. The molecule has 2 atom stereocenters. The lowest BCUT2D eigenvalue weighted by Crippen LogP contribution is -2.21. The van der Waals surface area contributed by atoms with Crippen molar-refractivity contribution in [2.45, 2.75) is 137 Å². The molecule has 6 aromatic rings. The predicted octanol–water partition coefficient (Wildman–Crippen LogP) is 14.8. The number of methoxy groups -OCH3 is 4. The molecule has 0 saturated carbocycles. The van der Waals surface area contributed by atoms with Crippen LogP contribution in [0.3, 0.4) is 0 Å². The molecular weight excluding hydrogens is 810 g/mol. The first-order valence-corrected chi connectivity index (χ1v) is 23.1. The zero-order chi connectivity index (χ0) is 45.0. The van der Waals surface area contributed by atoms with Crippen molar-refractivity contribution in [3.8, 4) is 23.0 Å². The molecule has 12 heteroatoms. The SMILES string of the molecule is COc1cc(C(C)(C)C)c2op(O[C@@H](C)C[C@H](C)Op3oc4c(C(C)(C)C)cc(OC)cc4c4cc(OC)cc(C(C)(C)C)c4o3)oc3c(C(C)(C)C)cc(OC)cc3c2c1. The fourth-order valence-corrected chi connectivity index (χ4v) is 9.96. The smallest absolute Gasteiger partial charge is 0.387 e. The average Bonchev–Trinajstić information content (AvgIpc) is 3.41. The van der Waals surface area contributed by atoms with Crippen molar-refractivity contribution in [1.82, 2.24) is 0 Å². The molecule has 2 aromatic heterocycles. The van der Waals surface area contributed by atoms with Crippen LogP contribution in [0.2, 0.25) is 0 Å². The summed E-state index contributed by atoms with van der Waals surface area (Å²) < 4.78 is 64.4. The molecule has 0 saturated heterocycles. The highest BCUT2D eigenvalue weighted by Gasteiger charge is 2.29. The van der Waals surface area contributed by atoms with Gasteiger partial charge in [0.1, 0.15) is 45.3 Å². The van der Waals surface area contributed by atoms with E-state index in [9.17, 15) is 0 Å². The molecule has 2 heterocycles. The van der Waals surface area contributed by atoms with Crippen LogP contribution in [0.15, 0.2) is 65.3 Å². The van der Waals surface area contributed by atoms with E-state index in [1.54, 1.807) is 28.4 Å². The largest absolute Gasteiger partial charge is 0.497 e. The van der Waals surface area contributed by atoms with Crippen LogP contribution in [0, 0.1) is 0 Å². The van der Waals surface area contributed by atoms with E-state index in [1.165, 1.54) is 0 Å². The highest BCUT2D eigenvalue weighted by atomic mass is 31.1. The van der Waals surface area contributed by atoms with Crippen LogP contribution in [-0.2, 0) is 21.7 Å². The highest BCUT2D eigenvalue weighted by molar-refractivity contribution is 7.32. The number of rotatable bonds is 10. The van der Waals surface area contributed by atoms with Gasteiger partial charge in [0.15, 0.2) is 0 Å². The van der Waals surface area contributed by atoms with Crippen molar-refractivity contribution in [2.75, 3.05) is 28.4 Å². The molecule has 0 bridgehead atoms. The molecule has 0 aliphatic heterocycles. The quantitative estimate of drug-likeness (QED) is 0.132. The van der Waals surface area contributed by atoms with Crippen LogP contribution in [0.1, 0.15) is 126 Å². The Hall–Kier alpha value is -4.20. The Morgan fingerprint density at radius 1 is 0.393 bits per heavy atom. The van der Waals surface area contributed by atoms with Crippen LogP contribution >= 0.6 is 16.5 Å². The summed E-state index contributed by atoms with van der Waals surface area (Å²) in [6.45, 7) is 29.9. The summed E-state index contributed by atoms with van der Waals surface area (Å²) in [6, 6.07) is 16.2. The molecule has 0 amide bonds. The van der Waals surface area contributed by atoms with Crippen LogP contribution in [-0.4, -0.2) is 40.6 Å². The monoisotopic (exact) mass is 876 g/mol. The van der Waals surface area contributed by atoms with Crippen LogP contribution in [0.25, 0.3) is 43.9 Å². The summed E-state index contributed by atoms with van der Waals surface area (Å²) in [5, 5.41) is 3.42. The molecule has 0 unspecified atom stereocenters. The normalized spacial score (nSPS) is 13.8. The van der Waals surface area contributed by atoms with E-state index in [4.69, 9.17) is 44.8 Å². The fourth-order valence-electron chi connectivity index (χ4n) is 7.57. The molecule has 0 fully saturated rings. The predicted molar refractivity (Wildman–Crippen MR) is 250 cm³/mol. The van der Waals surface area contributed by atoms with E-state index in [-0.39, 0.29) is 33.9 Å². The van der Waals surface area contributed by atoms with Gasteiger partial charge >= 0.3 is 16.5 Å². The molecule has 10 nitrogen and oxygen atoms in total. The van der Waals surface area contributed by atoms with Gasteiger partial charge in [0.05, 0.1) is 40.6 Å². The highest BCUT2D eigenvalue weighted by Crippen LogP contribution is 2.47. The Labute approximate surface area is 363 Å². The van der Waals surface area contributed by atoms with Gasteiger partial charge in [-0.2, -0.15) is 0 Å². The van der Waals surface area contributed by atoms with Gasteiger partial charge < -0.3 is 35.7 Å². The van der Waals surface area contributed by atoms with Gasteiger partial charge in [-0.25, -0.2) is 0 Å². The third kappa shape index (κ3) is 9.89. The van der Waals surface area contributed by atoms with Gasteiger partial charge in [0.2, 0.25) is 0 Å². The van der Waals surface area contributed by atoms with Crippen LogP contribution in [0.5, 0.6) is 23.0 Å². The summed E-state index contributed by atoms with van der Waals surface area (Å²) in [4.78, 5) is 0. The third-order valence-electron chi connectivity index (χ3n) is 10.9. The molecule has 0 spiro atoms. The lowest BCUT2D eigenvalue weighted by Gasteiger charge is -2.21. The Kier molecular flexibility index (Phi) is 13.0. The standard InChI is InChI=1S/C49H66O10P2/c1-28(54-60-56-42-34(20-30(50-15)24-38(42)46(3,4)5)35-21-31(51-16)25-39(43(35)57-60)47(6,7)8)19-29(2)55-61-58-44-36(22-32(52-17)26-40(44)48(9,10)11)37-23-33(53-18)27-41(45(37)59-61)49(12,13)14/h20-29H,19H2,1-18H3/t28-,29-/m0/s1. The van der Waals surface area contributed by atoms with Crippen LogP contribution in [0.4, 0.5) is 0 Å². The molecule has 61 heavy (non-hydrogen) atoms. The number of benzene rings is 4. The molecule has 0 radical (unpaired) electrons. The maximum atomic E-state index is 6.88. The van der Waals surface area contributed by atoms with E-state index in [1.807, 2.05) is 62.4 Å². The van der Waals surface area contributed by atoms with E-state index in [2.05, 4.69) is 83.1 Å². The molecule has 6 rings (SSSR count). The Bertz CT molecular complexity index is 2300. The number of hydrogen-bond acceptors (Lipinski definition) is 10. The van der Waals surface area contributed by atoms with Crippen molar-refractivity contribution in [3.63, 3.8) is 0 Å². The van der Waals surface area contributed by atoms with E-state index in [0.717, 1.165) is 66.8 Å². The first kappa shape index (κ1) is 46.3. The Morgan fingerprint density at radius 3 is 0.787 bits per heavy atom. The van der Waals surface area contributed by atoms with Crippen molar-refractivity contribution >= 4 is 60.4 Å². The topological polar surface area (TPSA) is 108 Å². The third-order valence-corrected chi connectivity index (χ3v) is 13.3. The fraction of sp³-hybridized carbons (Fsp3) is 0.510. The number of ether oxygens (including phenoxy) is 4. The second kappa shape index (κ2) is 17.2. The molecule has 0 N–H and O–H groups in total. The van der Waals surface area contributed by atoms with E-state index >= 15 is 0 Å². The molecule has 0 aliphatic rings. The van der Waals surface area contributed by atoms with Gasteiger partial charge in [-0.3, -0.25) is 9.05 Å².